The molecule has 0 saturated carbocycles. The summed E-state index contributed by atoms with van der Waals surface area (Å²) in [4.78, 5) is 14.0. The van der Waals surface area contributed by atoms with Crippen molar-refractivity contribution in [3.05, 3.63) is 47.5 Å². The first-order valence-corrected chi connectivity index (χ1v) is 9.95. The van der Waals surface area contributed by atoms with E-state index in [-0.39, 0.29) is 24.8 Å². The first-order chi connectivity index (χ1) is 11.4. The van der Waals surface area contributed by atoms with Crippen LogP contribution in [0.2, 0.25) is 0 Å². The van der Waals surface area contributed by atoms with E-state index in [1.165, 1.54) is 5.56 Å². The number of carbonyl (C=O) groups excluding carboxylic acids is 1. The lowest BCUT2D eigenvalue weighted by atomic mass is 9.95. The fourth-order valence-corrected chi connectivity index (χ4v) is 4.23. The number of ether oxygens (including phenoxy) is 1. The van der Waals surface area contributed by atoms with Crippen molar-refractivity contribution >= 4 is 16.1 Å². The number of nitrogens with zero attached hydrogens (tertiary/aromatic N) is 1. The molecule has 130 valence electrons. The van der Waals surface area contributed by atoms with Crippen LogP contribution in [0.5, 0.6) is 0 Å². The van der Waals surface area contributed by atoms with Crippen LogP contribution in [-0.2, 0) is 27.6 Å². The Morgan fingerprint density at radius 1 is 1.21 bits per heavy atom. The number of benzene rings is 1. The fourth-order valence-electron chi connectivity index (χ4n) is 3.41. The van der Waals surface area contributed by atoms with Gasteiger partial charge in [-0.25, -0.2) is 17.9 Å². The number of amides is 1. The molecule has 7 heteroatoms. The maximum atomic E-state index is 12.3. The second kappa shape index (κ2) is 6.94. The Morgan fingerprint density at radius 2 is 1.96 bits per heavy atom. The molecule has 0 unspecified atom stereocenters. The Bertz CT molecular complexity index is 745. The van der Waals surface area contributed by atoms with Crippen molar-refractivity contribution in [1.82, 2.24) is 9.62 Å². The Morgan fingerprint density at radius 3 is 2.71 bits per heavy atom. The summed E-state index contributed by atoms with van der Waals surface area (Å²) in [6.45, 7) is 0.719. The van der Waals surface area contributed by atoms with Crippen molar-refractivity contribution in [2.45, 2.75) is 31.3 Å². The van der Waals surface area contributed by atoms with Gasteiger partial charge in [-0.2, -0.15) is 0 Å². The third-order valence-electron chi connectivity index (χ3n) is 4.50. The number of sulfonamides is 1. The maximum absolute atomic E-state index is 12.3. The monoisotopic (exact) mass is 350 g/mol. The van der Waals surface area contributed by atoms with E-state index in [2.05, 4.69) is 10.8 Å². The summed E-state index contributed by atoms with van der Waals surface area (Å²) in [5.74, 6) is 0. The van der Waals surface area contributed by atoms with E-state index in [4.69, 9.17) is 4.74 Å². The normalized spacial score (nSPS) is 26.0. The van der Waals surface area contributed by atoms with E-state index in [9.17, 15) is 13.2 Å². The van der Waals surface area contributed by atoms with Gasteiger partial charge < -0.3 is 9.64 Å². The highest BCUT2D eigenvalue weighted by molar-refractivity contribution is 7.88. The number of hydrogen-bond acceptors (Lipinski definition) is 4. The zero-order chi connectivity index (χ0) is 17.2. The Balaban J connectivity index is 1.94. The van der Waals surface area contributed by atoms with Crippen LogP contribution in [0, 0.1) is 0 Å². The molecular weight excluding hydrogens is 328 g/mol. The molecule has 0 bridgehead atoms. The van der Waals surface area contributed by atoms with Crippen LogP contribution in [0.25, 0.3) is 0 Å². The van der Waals surface area contributed by atoms with Gasteiger partial charge >= 0.3 is 6.09 Å². The number of nitrogens with one attached hydrogen (secondary N) is 1. The first kappa shape index (κ1) is 17.0. The lowest BCUT2D eigenvalue weighted by molar-refractivity contribution is 0.106. The van der Waals surface area contributed by atoms with Crippen molar-refractivity contribution in [3.63, 3.8) is 0 Å². The molecule has 3 rings (SSSR count). The van der Waals surface area contributed by atoms with Gasteiger partial charge in [0.1, 0.15) is 6.61 Å². The van der Waals surface area contributed by atoms with E-state index in [0.717, 1.165) is 18.2 Å². The highest BCUT2D eigenvalue weighted by Gasteiger charge is 2.39. The van der Waals surface area contributed by atoms with Crippen molar-refractivity contribution in [2.24, 2.45) is 0 Å². The minimum atomic E-state index is -3.34. The molecule has 1 N–H and O–H groups in total. The summed E-state index contributed by atoms with van der Waals surface area (Å²) in [5, 5.41) is 0. The Hall–Kier alpha value is -1.86. The minimum absolute atomic E-state index is 0.231. The standard InChI is InChI=1S/C17H22N2O4S/c1-24(21,22)18-15-9-10-19-16(15)12-14-8-3-2-6-13(14)7-4-5-11-23-17(19)20/h2-6,8,15-16,18H,7,9-12H2,1H3/b5-4+/t15-,16-/m0/s1. The van der Waals surface area contributed by atoms with Crippen LogP contribution in [0.1, 0.15) is 17.5 Å². The SMILES string of the molecule is CS(=O)(=O)N[C@H]1CCN2C(=O)OC/C=C/Cc3ccccc3C[C@@H]12. The summed E-state index contributed by atoms with van der Waals surface area (Å²) < 4.78 is 31.3. The third-order valence-corrected chi connectivity index (χ3v) is 5.23. The molecule has 2 aliphatic heterocycles. The zero-order valence-electron chi connectivity index (χ0n) is 13.6. The lowest BCUT2D eigenvalue weighted by Crippen LogP contribution is -2.47. The first-order valence-electron chi connectivity index (χ1n) is 8.06. The average Bonchev–Trinajstić information content (AvgIpc) is 2.87. The molecule has 2 atom stereocenters. The lowest BCUT2D eigenvalue weighted by Gasteiger charge is -2.28. The molecule has 6 nitrogen and oxygen atoms in total. The average molecular weight is 350 g/mol. The van der Waals surface area contributed by atoms with Gasteiger partial charge in [0.25, 0.3) is 0 Å². The molecule has 2 aliphatic rings. The molecule has 1 saturated heterocycles. The molecule has 1 amide bonds. The van der Waals surface area contributed by atoms with Crippen molar-refractivity contribution in [2.75, 3.05) is 19.4 Å². The van der Waals surface area contributed by atoms with Crippen molar-refractivity contribution < 1.29 is 17.9 Å². The van der Waals surface area contributed by atoms with Crippen molar-refractivity contribution in [3.8, 4) is 0 Å². The fraction of sp³-hybridized carbons (Fsp3) is 0.471. The van der Waals surface area contributed by atoms with Crippen LogP contribution in [0.3, 0.4) is 0 Å². The van der Waals surface area contributed by atoms with Gasteiger partial charge in [0.15, 0.2) is 0 Å². The van der Waals surface area contributed by atoms with Gasteiger partial charge in [0.05, 0.1) is 12.3 Å². The number of rotatable bonds is 2. The third kappa shape index (κ3) is 3.96. The molecule has 1 aromatic carbocycles. The molecule has 0 aliphatic carbocycles. The molecule has 0 spiro atoms. The molecular formula is C17H22N2O4S. The quantitative estimate of drug-likeness (QED) is 0.820. The van der Waals surface area contributed by atoms with Crippen molar-refractivity contribution in [1.29, 1.82) is 0 Å². The van der Waals surface area contributed by atoms with Crippen LogP contribution in [-0.4, -0.2) is 50.9 Å². The number of carbonyl (C=O) groups is 1. The minimum Gasteiger partial charge on any atom is -0.445 e. The predicted molar refractivity (Wildman–Crippen MR) is 91.2 cm³/mol. The maximum Gasteiger partial charge on any atom is 0.410 e. The summed E-state index contributed by atoms with van der Waals surface area (Å²) in [6.07, 6.45) is 6.56. The molecule has 2 heterocycles. The molecule has 1 fully saturated rings. The Kier molecular flexibility index (Phi) is 4.91. The molecule has 0 radical (unpaired) electrons. The molecule has 0 aromatic heterocycles. The van der Waals surface area contributed by atoms with Crippen LogP contribution in [0.4, 0.5) is 4.79 Å². The van der Waals surface area contributed by atoms with Gasteiger partial charge in [0.2, 0.25) is 10.0 Å². The summed E-state index contributed by atoms with van der Waals surface area (Å²) in [6, 6.07) is 7.53. The second-order valence-corrected chi connectivity index (χ2v) is 8.05. The van der Waals surface area contributed by atoms with Gasteiger partial charge in [-0.3, -0.25) is 0 Å². The highest BCUT2D eigenvalue weighted by Crippen LogP contribution is 2.25. The molecule has 24 heavy (non-hydrogen) atoms. The Labute approximate surface area is 142 Å². The topological polar surface area (TPSA) is 75.7 Å². The van der Waals surface area contributed by atoms with Gasteiger partial charge in [-0.1, -0.05) is 36.4 Å². The summed E-state index contributed by atoms with van der Waals surface area (Å²) >= 11 is 0. The number of hydrogen-bond donors (Lipinski definition) is 1. The highest BCUT2D eigenvalue weighted by atomic mass is 32.2. The van der Waals surface area contributed by atoms with Gasteiger partial charge in [0, 0.05) is 12.6 Å². The van der Waals surface area contributed by atoms with Gasteiger partial charge in [-0.15, -0.1) is 0 Å². The second-order valence-electron chi connectivity index (χ2n) is 6.27. The largest absolute Gasteiger partial charge is 0.445 e. The molecule has 1 aromatic rings. The van der Waals surface area contributed by atoms with E-state index in [0.29, 0.717) is 19.4 Å². The summed E-state index contributed by atoms with van der Waals surface area (Å²) in [7, 11) is -3.34. The summed E-state index contributed by atoms with van der Waals surface area (Å²) in [5.41, 5.74) is 2.32. The van der Waals surface area contributed by atoms with E-state index >= 15 is 0 Å². The van der Waals surface area contributed by atoms with E-state index in [1.54, 1.807) is 4.90 Å². The number of allylic oxidation sites excluding steroid dienone is 1. The number of cyclic esters (lactones) is 1. The smallest absolute Gasteiger partial charge is 0.410 e. The predicted octanol–water partition coefficient (Wildman–Crippen LogP) is 1.47. The zero-order valence-corrected chi connectivity index (χ0v) is 14.5. The van der Waals surface area contributed by atoms with E-state index in [1.807, 2.05) is 30.4 Å². The van der Waals surface area contributed by atoms with E-state index < -0.39 is 10.0 Å². The van der Waals surface area contributed by atoms with Crippen LogP contribution < -0.4 is 4.72 Å². The number of fused-ring (bicyclic) bond motifs is 2. The van der Waals surface area contributed by atoms with Crippen LogP contribution in [0.15, 0.2) is 36.4 Å². The van der Waals surface area contributed by atoms with Crippen LogP contribution >= 0.6 is 0 Å². The van der Waals surface area contributed by atoms with Gasteiger partial charge in [-0.05, 0) is 30.4 Å².